The molecular formula is C22H21N. The zero-order valence-corrected chi connectivity index (χ0v) is 13.3. The molecule has 0 aliphatic heterocycles. The summed E-state index contributed by atoms with van der Waals surface area (Å²) >= 11 is 0. The van der Waals surface area contributed by atoms with Crippen LogP contribution in [0.2, 0.25) is 0 Å². The Labute approximate surface area is 136 Å². The second kappa shape index (κ2) is 4.94. The predicted octanol–water partition coefficient (Wildman–Crippen LogP) is 5.77. The SMILES string of the molecule is N[C@@H](c1ccc2ccc3cccc4ccc1c2c34)C1CCCC1. The fourth-order valence-corrected chi connectivity index (χ4v) is 4.62. The first-order chi connectivity index (χ1) is 11.3. The van der Waals surface area contributed by atoms with Gasteiger partial charge >= 0.3 is 0 Å². The Morgan fingerprint density at radius 3 is 2.09 bits per heavy atom. The van der Waals surface area contributed by atoms with Gasteiger partial charge in [-0.25, -0.2) is 0 Å². The minimum absolute atomic E-state index is 0.169. The number of benzene rings is 4. The summed E-state index contributed by atoms with van der Waals surface area (Å²) in [7, 11) is 0. The molecule has 1 aliphatic carbocycles. The first-order valence-corrected chi connectivity index (χ1v) is 8.75. The normalized spacial score (nSPS) is 17.6. The van der Waals surface area contributed by atoms with E-state index >= 15 is 0 Å². The molecule has 5 rings (SSSR count). The third-order valence-corrected chi connectivity index (χ3v) is 5.83. The third-order valence-electron chi connectivity index (χ3n) is 5.83. The van der Waals surface area contributed by atoms with Gasteiger partial charge in [0, 0.05) is 6.04 Å². The summed E-state index contributed by atoms with van der Waals surface area (Å²) in [6.45, 7) is 0. The van der Waals surface area contributed by atoms with Crippen molar-refractivity contribution in [3.63, 3.8) is 0 Å². The molecule has 0 heterocycles. The van der Waals surface area contributed by atoms with Crippen LogP contribution < -0.4 is 5.73 Å². The van der Waals surface area contributed by atoms with Crippen LogP contribution in [0.4, 0.5) is 0 Å². The Hall–Kier alpha value is -2.12. The highest BCUT2D eigenvalue weighted by atomic mass is 14.7. The second-order valence-corrected chi connectivity index (χ2v) is 7.08. The zero-order valence-electron chi connectivity index (χ0n) is 13.3. The maximum absolute atomic E-state index is 6.70. The van der Waals surface area contributed by atoms with Gasteiger partial charge in [-0.2, -0.15) is 0 Å². The first-order valence-electron chi connectivity index (χ1n) is 8.75. The summed E-state index contributed by atoms with van der Waals surface area (Å²) < 4.78 is 0. The van der Waals surface area contributed by atoms with Crippen LogP contribution in [0.15, 0.2) is 54.6 Å². The van der Waals surface area contributed by atoms with Crippen LogP contribution in [0.3, 0.4) is 0 Å². The molecule has 114 valence electrons. The molecule has 2 N–H and O–H groups in total. The van der Waals surface area contributed by atoms with Crippen molar-refractivity contribution in [3.8, 4) is 0 Å². The number of nitrogens with two attached hydrogens (primary N) is 1. The molecule has 1 nitrogen and oxygen atoms in total. The molecule has 1 fully saturated rings. The minimum Gasteiger partial charge on any atom is -0.324 e. The Morgan fingerprint density at radius 1 is 0.739 bits per heavy atom. The van der Waals surface area contributed by atoms with E-state index in [-0.39, 0.29) is 6.04 Å². The molecule has 23 heavy (non-hydrogen) atoms. The van der Waals surface area contributed by atoms with Crippen LogP contribution in [0.5, 0.6) is 0 Å². The molecule has 1 aliphatic rings. The number of hydrogen-bond acceptors (Lipinski definition) is 1. The van der Waals surface area contributed by atoms with E-state index in [1.807, 2.05) is 0 Å². The molecule has 0 spiro atoms. The summed E-state index contributed by atoms with van der Waals surface area (Å²) in [6.07, 6.45) is 5.24. The lowest BCUT2D eigenvalue weighted by molar-refractivity contribution is 0.447. The average molecular weight is 299 g/mol. The molecule has 0 radical (unpaired) electrons. The van der Waals surface area contributed by atoms with Crippen molar-refractivity contribution >= 4 is 32.3 Å². The maximum atomic E-state index is 6.70. The molecule has 0 aromatic heterocycles. The standard InChI is InChI=1S/C22H21N/c23-22(17-4-1-2-5-17)19-13-11-16-9-8-14-6-3-7-15-10-12-18(19)21(16)20(14)15/h3,6-13,17,22H,1-2,4-5,23H2/t22-/m1/s1. The van der Waals surface area contributed by atoms with Crippen molar-refractivity contribution < 1.29 is 0 Å². The Kier molecular flexibility index (Phi) is 2.86. The van der Waals surface area contributed by atoms with Gasteiger partial charge in [-0.05, 0) is 56.6 Å². The van der Waals surface area contributed by atoms with Gasteiger partial charge in [0.2, 0.25) is 0 Å². The largest absolute Gasteiger partial charge is 0.324 e. The van der Waals surface area contributed by atoms with E-state index in [1.165, 1.54) is 63.6 Å². The monoisotopic (exact) mass is 299 g/mol. The van der Waals surface area contributed by atoms with E-state index in [2.05, 4.69) is 54.6 Å². The number of rotatable bonds is 2. The lowest BCUT2D eigenvalue weighted by Crippen LogP contribution is -2.19. The molecule has 1 saturated carbocycles. The van der Waals surface area contributed by atoms with Crippen LogP contribution in [-0.4, -0.2) is 0 Å². The lowest BCUT2D eigenvalue weighted by atomic mass is 9.86. The Balaban J connectivity index is 1.84. The van der Waals surface area contributed by atoms with E-state index in [4.69, 9.17) is 5.73 Å². The Bertz CT molecular complexity index is 979. The molecule has 1 atom stereocenters. The summed E-state index contributed by atoms with van der Waals surface area (Å²) in [6, 6.07) is 20.3. The topological polar surface area (TPSA) is 26.0 Å². The molecule has 0 saturated heterocycles. The fourth-order valence-electron chi connectivity index (χ4n) is 4.62. The molecule has 4 aromatic rings. The van der Waals surface area contributed by atoms with Crippen molar-refractivity contribution in [3.05, 3.63) is 60.2 Å². The third kappa shape index (κ3) is 1.90. The van der Waals surface area contributed by atoms with Gasteiger partial charge in [-0.15, -0.1) is 0 Å². The van der Waals surface area contributed by atoms with Crippen LogP contribution in [-0.2, 0) is 0 Å². The molecule has 1 heteroatoms. The molecule has 0 bridgehead atoms. The highest BCUT2D eigenvalue weighted by molar-refractivity contribution is 6.23. The van der Waals surface area contributed by atoms with Crippen LogP contribution in [0.1, 0.15) is 37.3 Å². The quantitative estimate of drug-likeness (QED) is 0.467. The van der Waals surface area contributed by atoms with Gasteiger partial charge in [0.1, 0.15) is 0 Å². The van der Waals surface area contributed by atoms with Gasteiger partial charge in [0.05, 0.1) is 0 Å². The van der Waals surface area contributed by atoms with Gasteiger partial charge < -0.3 is 5.73 Å². The predicted molar refractivity (Wildman–Crippen MR) is 99.0 cm³/mol. The van der Waals surface area contributed by atoms with E-state index in [9.17, 15) is 0 Å². The van der Waals surface area contributed by atoms with Gasteiger partial charge in [-0.1, -0.05) is 67.4 Å². The van der Waals surface area contributed by atoms with E-state index in [0.717, 1.165) is 0 Å². The zero-order chi connectivity index (χ0) is 15.4. The van der Waals surface area contributed by atoms with E-state index in [0.29, 0.717) is 5.92 Å². The van der Waals surface area contributed by atoms with Crippen LogP contribution in [0.25, 0.3) is 32.3 Å². The summed E-state index contributed by atoms with van der Waals surface area (Å²) in [5.74, 6) is 0.647. The van der Waals surface area contributed by atoms with Crippen LogP contribution >= 0.6 is 0 Å². The average Bonchev–Trinajstić information content (AvgIpc) is 3.13. The second-order valence-electron chi connectivity index (χ2n) is 7.08. The highest BCUT2D eigenvalue weighted by Crippen LogP contribution is 2.41. The first kappa shape index (κ1) is 13.3. The van der Waals surface area contributed by atoms with Crippen molar-refractivity contribution in [2.45, 2.75) is 31.7 Å². The lowest BCUT2D eigenvalue weighted by Gasteiger charge is -2.22. The van der Waals surface area contributed by atoms with Crippen molar-refractivity contribution in [2.24, 2.45) is 11.7 Å². The van der Waals surface area contributed by atoms with Gasteiger partial charge in [0.15, 0.2) is 0 Å². The number of hydrogen-bond donors (Lipinski definition) is 1. The molecular weight excluding hydrogens is 278 g/mol. The van der Waals surface area contributed by atoms with E-state index in [1.54, 1.807) is 0 Å². The van der Waals surface area contributed by atoms with Crippen molar-refractivity contribution in [1.29, 1.82) is 0 Å². The van der Waals surface area contributed by atoms with Gasteiger partial charge in [-0.3, -0.25) is 0 Å². The molecule has 0 amide bonds. The maximum Gasteiger partial charge on any atom is 0.0329 e. The highest BCUT2D eigenvalue weighted by Gasteiger charge is 2.25. The van der Waals surface area contributed by atoms with Crippen molar-refractivity contribution in [1.82, 2.24) is 0 Å². The summed E-state index contributed by atoms with van der Waals surface area (Å²) in [4.78, 5) is 0. The van der Waals surface area contributed by atoms with Crippen molar-refractivity contribution in [2.75, 3.05) is 0 Å². The Morgan fingerprint density at radius 2 is 1.35 bits per heavy atom. The molecule has 4 aromatic carbocycles. The minimum atomic E-state index is 0.169. The van der Waals surface area contributed by atoms with E-state index < -0.39 is 0 Å². The smallest absolute Gasteiger partial charge is 0.0329 e. The molecule has 0 unspecified atom stereocenters. The summed E-state index contributed by atoms with van der Waals surface area (Å²) in [5.41, 5.74) is 8.03. The van der Waals surface area contributed by atoms with Crippen LogP contribution in [0, 0.1) is 5.92 Å². The van der Waals surface area contributed by atoms with Gasteiger partial charge in [0.25, 0.3) is 0 Å². The summed E-state index contributed by atoms with van der Waals surface area (Å²) in [5, 5.41) is 8.12. The fraction of sp³-hybridized carbons (Fsp3) is 0.273.